The Morgan fingerprint density at radius 1 is 1.42 bits per heavy atom. The van der Waals surface area contributed by atoms with Crippen LogP contribution in [-0.2, 0) is 11.3 Å². The molecule has 0 heterocycles. The van der Waals surface area contributed by atoms with E-state index in [1.807, 2.05) is 20.8 Å². The number of carbonyl (C=O) groups excluding carboxylic acids is 1. The number of amides is 1. The maximum absolute atomic E-state index is 13.5. The van der Waals surface area contributed by atoms with Gasteiger partial charge in [0.05, 0.1) is 6.04 Å². The van der Waals surface area contributed by atoms with E-state index < -0.39 is 0 Å². The molecule has 1 atom stereocenters. The van der Waals surface area contributed by atoms with Gasteiger partial charge in [-0.15, -0.1) is 0 Å². The number of hydrogen-bond acceptors (Lipinski definition) is 2. The van der Waals surface area contributed by atoms with Crippen LogP contribution in [0, 0.1) is 5.82 Å². The Labute approximate surface area is 122 Å². The molecule has 1 amide bonds. The van der Waals surface area contributed by atoms with Gasteiger partial charge in [-0.25, -0.2) is 4.39 Å². The van der Waals surface area contributed by atoms with Crippen molar-refractivity contribution < 1.29 is 9.18 Å². The molecule has 19 heavy (non-hydrogen) atoms. The Hall–Kier alpha value is -0.940. The fraction of sp³-hybridized carbons (Fsp3) is 0.500. The summed E-state index contributed by atoms with van der Waals surface area (Å²) in [5.41, 5.74) is 0.262. The average Bonchev–Trinajstić information content (AvgIpc) is 2.27. The predicted octanol–water partition coefficient (Wildman–Crippen LogP) is 2.98. The summed E-state index contributed by atoms with van der Waals surface area (Å²) in [4.78, 5) is 11.9. The molecule has 1 unspecified atom stereocenters. The summed E-state index contributed by atoms with van der Waals surface area (Å²) in [6, 6.07) is 4.38. The number of hydrogen-bond donors (Lipinski definition) is 2. The van der Waals surface area contributed by atoms with E-state index in [9.17, 15) is 9.18 Å². The molecule has 0 bridgehead atoms. The molecule has 0 aromatic heterocycles. The van der Waals surface area contributed by atoms with E-state index in [1.54, 1.807) is 19.1 Å². The first kappa shape index (κ1) is 16.1. The molecule has 0 spiro atoms. The monoisotopic (exact) mass is 330 g/mol. The molecule has 1 aromatic carbocycles. The van der Waals surface area contributed by atoms with E-state index in [0.717, 1.165) is 4.47 Å². The minimum atomic E-state index is -0.377. The first-order valence-corrected chi connectivity index (χ1v) is 6.97. The van der Waals surface area contributed by atoms with Crippen molar-refractivity contribution in [1.82, 2.24) is 10.6 Å². The highest BCUT2D eigenvalue weighted by molar-refractivity contribution is 9.10. The van der Waals surface area contributed by atoms with Crippen molar-refractivity contribution in [3.63, 3.8) is 0 Å². The maximum atomic E-state index is 13.5. The largest absolute Gasteiger partial charge is 0.350 e. The number of benzene rings is 1. The lowest BCUT2D eigenvalue weighted by Gasteiger charge is -2.23. The Morgan fingerprint density at radius 3 is 2.63 bits per heavy atom. The van der Waals surface area contributed by atoms with Gasteiger partial charge in [0.15, 0.2) is 0 Å². The minimum Gasteiger partial charge on any atom is -0.350 e. The third-order valence-corrected chi connectivity index (χ3v) is 2.99. The second-order valence-electron chi connectivity index (χ2n) is 5.58. The molecule has 1 aromatic rings. The van der Waals surface area contributed by atoms with Crippen molar-refractivity contribution in [3.8, 4) is 0 Å². The first-order chi connectivity index (χ1) is 8.69. The molecule has 0 radical (unpaired) electrons. The first-order valence-electron chi connectivity index (χ1n) is 6.18. The Bertz CT molecular complexity index is 457. The Kier molecular flexibility index (Phi) is 5.50. The van der Waals surface area contributed by atoms with Gasteiger partial charge in [0.2, 0.25) is 5.91 Å². The third kappa shape index (κ3) is 5.70. The highest BCUT2D eigenvalue weighted by Gasteiger charge is 2.19. The fourth-order valence-corrected chi connectivity index (χ4v) is 1.92. The molecule has 0 saturated heterocycles. The highest BCUT2D eigenvalue weighted by Crippen LogP contribution is 2.15. The van der Waals surface area contributed by atoms with Crippen LogP contribution in [0.5, 0.6) is 0 Å². The van der Waals surface area contributed by atoms with E-state index in [4.69, 9.17) is 0 Å². The van der Waals surface area contributed by atoms with Crippen LogP contribution >= 0.6 is 15.9 Å². The van der Waals surface area contributed by atoms with Crippen LogP contribution in [0.4, 0.5) is 4.39 Å². The minimum absolute atomic E-state index is 0.0945. The molecule has 0 fully saturated rings. The summed E-state index contributed by atoms with van der Waals surface area (Å²) in [5.74, 6) is -0.373. The molecular weight excluding hydrogens is 311 g/mol. The summed E-state index contributed by atoms with van der Waals surface area (Å²) < 4.78 is 14.3. The zero-order chi connectivity index (χ0) is 14.6. The second kappa shape index (κ2) is 6.48. The van der Waals surface area contributed by atoms with E-state index in [-0.39, 0.29) is 23.3 Å². The fourth-order valence-electron chi connectivity index (χ4n) is 1.51. The van der Waals surface area contributed by atoms with Crippen LogP contribution in [0.2, 0.25) is 0 Å². The van der Waals surface area contributed by atoms with Crippen LogP contribution in [0.25, 0.3) is 0 Å². The molecule has 0 aliphatic carbocycles. The van der Waals surface area contributed by atoms with Gasteiger partial charge in [0.1, 0.15) is 5.82 Å². The Morgan fingerprint density at radius 2 is 2.05 bits per heavy atom. The van der Waals surface area contributed by atoms with Crippen LogP contribution in [0.3, 0.4) is 0 Å². The molecule has 3 nitrogen and oxygen atoms in total. The predicted molar refractivity (Wildman–Crippen MR) is 78.3 cm³/mol. The van der Waals surface area contributed by atoms with Crippen molar-refractivity contribution in [1.29, 1.82) is 0 Å². The van der Waals surface area contributed by atoms with Crippen LogP contribution in [0.1, 0.15) is 33.3 Å². The summed E-state index contributed by atoms with van der Waals surface area (Å²) in [6.45, 7) is 7.84. The topological polar surface area (TPSA) is 41.1 Å². The number of nitrogens with one attached hydrogen (secondary N) is 2. The highest BCUT2D eigenvalue weighted by atomic mass is 79.9. The van der Waals surface area contributed by atoms with Crippen LogP contribution in [-0.4, -0.2) is 17.5 Å². The van der Waals surface area contributed by atoms with Gasteiger partial charge in [0, 0.05) is 22.1 Å². The standard InChI is InChI=1S/C14H20BrFN2O/c1-9(13(19)18-14(2,3)4)17-8-10-7-11(15)5-6-12(10)16/h5-7,9,17H,8H2,1-4H3,(H,18,19). The quantitative estimate of drug-likeness (QED) is 0.891. The van der Waals surface area contributed by atoms with Gasteiger partial charge in [0.25, 0.3) is 0 Å². The van der Waals surface area contributed by atoms with Gasteiger partial charge in [-0.05, 0) is 45.9 Å². The van der Waals surface area contributed by atoms with Gasteiger partial charge in [-0.2, -0.15) is 0 Å². The molecule has 2 N–H and O–H groups in total. The number of halogens is 2. The lowest BCUT2D eigenvalue weighted by atomic mass is 10.1. The average molecular weight is 331 g/mol. The van der Waals surface area contributed by atoms with Crippen LogP contribution in [0.15, 0.2) is 22.7 Å². The number of carbonyl (C=O) groups is 1. The SMILES string of the molecule is CC(NCc1cc(Br)ccc1F)C(=O)NC(C)(C)C. The summed E-state index contributed by atoms with van der Waals surface area (Å²) in [6.07, 6.45) is 0. The van der Waals surface area contributed by atoms with Crippen molar-refractivity contribution in [2.45, 2.75) is 45.8 Å². The van der Waals surface area contributed by atoms with Crippen LogP contribution < -0.4 is 10.6 Å². The third-order valence-electron chi connectivity index (χ3n) is 2.50. The Balaban J connectivity index is 2.56. The molecule has 0 aliphatic heterocycles. The zero-order valence-electron chi connectivity index (χ0n) is 11.7. The van der Waals surface area contributed by atoms with Gasteiger partial charge < -0.3 is 10.6 Å². The van der Waals surface area contributed by atoms with E-state index >= 15 is 0 Å². The molecule has 0 aliphatic rings. The summed E-state index contributed by atoms with van der Waals surface area (Å²) >= 11 is 3.30. The van der Waals surface area contributed by atoms with E-state index in [0.29, 0.717) is 12.1 Å². The molecule has 5 heteroatoms. The molecule has 0 saturated carbocycles. The lowest BCUT2D eigenvalue weighted by molar-refractivity contribution is -0.124. The second-order valence-corrected chi connectivity index (χ2v) is 6.49. The van der Waals surface area contributed by atoms with Crippen molar-refractivity contribution in [2.24, 2.45) is 0 Å². The van der Waals surface area contributed by atoms with E-state index in [1.165, 1.54) is 6.07 Å². The van der Waals surface area contributed by atoms with Crippen molar-refractivity contribution in [2.75, 3.05) is 0 Å². The van der Waals surface area contributed by atoms with Gasteiger partial charge in [-0.1, -0.05) is 15.9 Å². The molecule has 1 rings (SSSR count). The van der Waals surface area contributed by atoms with Gasteiger partial charge in [-0.3, -0.25) is 4.79 Å². The zero-order valence-corrected chi connectivity index (χ0v) is 13.3. The van der Waals surface area contributed by atoms with Gasteiger partial charge >= 0.3 is 0 Å². The smallest absolute Gasteiger partial charge is 0.237 e. The maximum Gasteiger partial charge on any atom is 0.237 e. The van der Waals surface area contributed by atoms with E-state index in [2.05, 4.69) is 26.6 Å². The lowest BCUT2D eigenvalue weighted by Crippen LogP contribution is -2.49. The number of rotatable bonds is 4. The van der Waals surface area contributed by atoms with Crippen molar-refractivity contribution in [3.05, 3.63) is 34.1 Å². The molecular formula is C14H20BrFN2O. The normalized spacial score (nSPS) is 13.2. The summed E-state index contributed by atoms with van der Waals surface area (Å²) in [7, 11) is 0. The molecule has 106 valence electrons. The van der Waals surface area contributed by atoms with Crippen molar-refractivity contribution >= 4 is 21.8 Å². The summed E-state index contributed by atoms with van der Waals surface area (Å²) in [5, 5.41) is 5.89.